The van der Waals surface area contributed by atoms with E-state index >= 15 is 0 Å². The molecular formula is C14H16N2. The number of fused-ring (bicyclic) bond motifs is 1. The molecule has 1 heterocycles. The summed E-state index contributed by atoms with van der Waals surface area (Å²) in [4.78, 5) is 4.10. The third-order valence-electron chi connectivity index (χ3n) is 2.46. The number of nitrogens with one attached hydrogen (secondary N) is 1. The smallest absolute Gasteiger partial charge is 0.0346 e. The summed E-state index contributed by atoms with van der Waals surface area (Å²) < 4.78 is 0. The number of hydrogen-bond acceptors (Lipinski definition) is 2. The van der Waals surface area contributed by atoms with Crippen molar-refractivity contribution in [2.75, 3.05) is 6.54 Å². The number of nitrogens with zero attached hydrogens (tertiary/aromatic N) is 1. The normalized spacial score (nSPS) is 10.6. The molecule has 2 rings (SSSR count). The van der Waals surface area contributed by atoms with Gasteiger partial charge in [0, 0.05) is 30.9 Å². The van der Waals surface area contributed by atoms with Gasteiger partial charge in [-0.05, 0) is 30.0 Å². The predicted octanol–water partition coefficient (Wildman–Crippen LogP) is 2.90. The summed E-state index contributed by atoms with van der Waals surface area (Å²) in [5.74, 6) is 0. The molecule has 0 bridgehead atoms. The lowest BCUT2D eigenvalue weighted by molar-refractivity contribution is 0.742. The van der Waals surface area contributed by atoms with E-state index in [1.807, 2.05) is 25.4 Å². The van der Waals surface area contributed by atoms with E-state index in [9.17, 15) is 0 Å². The Hall–Kier alpha value is -1.67. The Kier molecular flexibility index (Phi) is 3.32. The second-order valence-corrected chi connectivity index (χ2v) is 4.12. The van der Waals surface area contributed by atoms with Gasteiger partial charge in [-0.15, -0.1) is 0 Å². The summed E-state index contributed by atoms with van der Waals surface area (Å²) in [5, 5.41) is 5.78. The lowest BCUT2D eigenvalue weighted by Crippen LogP contribution is -2.14. The molecule has 0 unspecified atom stereocenters. The molecule has 0 radical (unpaired) electrons. The summed E-state index contributed by atoms with van der Waals surface area (Å²) in [6.07, 6.45) is 3.72. The van der Waals surface area contributed by atoms with Crippen LogP contribution in [0.15, 0.2) is 48.8 Å². The van der Waals surface area contributed by atoms with E-state index in [2.05, 4.69) is 35.1 Å². The first-order chi connectivity index (χ1) is 7.75. The number of pyridine rings is 1. The van der Waals surface area contributed by atoms with Crippen LogP contribution in [0.1, 0.15) is 12.5 Å². The summed E-state index contributed by atoms with van der Waals surface area (Å²) in [7, 11) is 0. The van der Waals surface area contributed by atoms with Gasteiger partial charge in [-0.2, -0.15) is 0 Å². The molecule has 2 nitrogen and oxygen atoms in total. The van der Waals surface area contributed by atoms with E-state index < -0.39 is 0 Å². The van der Waals surface area contributed by atoms with Crippen LogP contribution in [0, 0.1) is 0 Å². The molecule has 1 aromatic heterocycles. The first-order valence-electron chi connectivity index (χ1n) is 5.43. The van der Waals surface area contributed by atoms with Gasteiger partial charge in [0.15, 0.2) is 0 Å². The van der Waals surface area contributed by atoms with Crippen molar-refractivity contribution in [3.8, 4) is 0 Å². The molecule has 82 valence electrons. The van der Waals surface area contributed by atoms with Gasteiger partial charge in [0.1, 0.15) is 0 Å². The fraction of sp³-hybridized carbons (Fsp3) is 0.214. The minimum absolute atomic E-state index is 0.869. The predicted molar refractivity (Wildman–Crippen MR) is 68.3 cm³/mol. The van der Waals surface area contributed by atoms with E-state index in [1.54, 1.807) is 0 Å². The van der Waals surface area contributed by atoms with Gasteiger partial charge in [0.05, 0.1) is 0 Å². The minimum atomic E-state index is 0.869. The SMILES string of the molecule is C=C(C)CNCc1ccc2cnccc2c1. The lowest BCUT2D eigenvalue weighted by Gasteiger charge is -2.05. The largest absolute Gasteiger partial charge is 0.309 e. The fourth-order valence-electron chi connectivity index (χ4n) is 1.66. The van der Waals surface area contributed by atoms with E-state index in [0.29, 0.717) is 0 Å². The number of aromatic nitrogens is 1. The Morgan fingerprint density at radius 3 is 3.00 bits per heavy atom. The van der Waals surface area contributed by atoms with Gasteiger partial charge in [0.25, 0.3) is 0 Å². The first kappa shape index (κ1) is 10.8. The average molecular weight is 212 g/mol. The second-order valence-electron chi connectivity index (χ2n) is 4.12. The molecule has 0 amide bonds. The molecule has 0 spiro atoms. The Labute approximate surface area is 96.0 Å². The molecule has 0 aliphatic heterocycles. The molecule has 0 saturated heterocycles. The maximum absolute atomic E-state index is 4.10. The monoisotopic (exact) mass is 212 g/mol. The average Bonchev–Trinajstić information content (AvgIpc) is 2.28. The van der Waals surface area contributed by atoms with Gasteiger partial charge in [-0.1, -0.05) is 24.3 Å². The van der Waals surface area contributed by atoms with Gasteiger partial charge in [0.2, 0.25) is 0 Å². The number of hydrogen-bond donors (Lipinski definition) is 1. The van der Waals surface area contributed by atoms with Crippen molar-refractivity contribution in [3.05, 3.63) is 54.4 Å². The molecule has 0 aliphatic carbocycles. The summed E-state index contributed by atoms with van der Waals surface area (Å²) in [6, 6.07) is 8.48. The first-order valence-corrected chi connectivity index (χ1v) is 5.43. The maximum Gasteiger partial charge on any atom is 0.0346 e. The standard InChI is InChI=1S/C14H16N2/c1-11(2)8-16-9-12-3-4-14-10-15-6-5-13(14)7-12/h3-7,10,16H,1,8-9H2,2H3. The maximum atomic E-state index is 4.10. The van der Waals surface area contributed by atoms with E-state index in [1.165, 1.54) is 16.3 Å². The van der Waals surface area contributed by atoms with Crippen molar-refractivity contribution in [1.29, 1.82) is 0 Å². The topological polar surface area (TPSA) is 24.9 Å². The molecule has 0 aliphatic rings. The Morgan fingerprint density at radius 1 is 1.31 bits per heavy atom. The van der Waals surface area contributed by atoms with Crippen LogP contribution in [0.4, 0.5) is 0 Å². The highest BCUT2D eigenvalue weighted by molar-refractivity contribution is 5.81. The molecule has 1 N–H and O–H groups in total. The van der Waals surface area contributed by atoms with Crippen molar-refractivity contribution in [3.63, 3.8) is 0 Å². The van der Waals surface area contributed by atoms with Gasteiger partial charge >= 0.3 is 0 Å². The van der Waals surface area contributed by atoms with Crippen LogP contribution in [0.2, 0.25) is 0 Å². The zero-order valence-electron chi connectivity index (χ0n) is 9.53. The van der Waals surface area contributed by atoms with E-state index in [4.69, 9.17) is 0 Å². The molecule has 0 saturated carbocycles. The summed E-state index contributed by atoms with van der Waals surface area (Å²) >= 11 is 0. The van der Waals surface area contributed by atoms with Crippen molar-refractivity contribution >= 4 is 10.8 Å². The summed E-state index contributed by atoms with van der Waals surface area (Å²) in [6.45, 7) is 7.64. The van der Waals surface area contributed by atoms with Crippen molar-refractivity contribution in [2.45, 2.75) is 13.5 Å². The highest BCUT2D eigenvalue weighted by atomic mass is 14.8. The minimum Gasteiger partial charge on any atom is -0.309 e. The van der Waals surface area contributed by atoms with Crippen LogP contribution in [-0.4, -0.2) is 11.5 Å². The highest BCUT2D eigenvalue weighted by Gasteiger charge is 1.96. The lowest BCUT2D eigenvalue weighted by atomic mass is 10.1. The van der Waals surface area contributed by atoms with Crippen molar-refractivity contribution in [1.82, 2.24) is 10.3 Å². The number of rotatable bonds is 4. The Balaban J connectivity index is 2.10. The fourth-order valence-corrected chi connectivity index (χ4v) is 1.66. The number of benzene rings is 1. The Bertz CT molecular complexity index is 503. The molecule has 0 fully saturated rings. The zero-order valence-corrected chi connectivity index (χ0v) is 9.53. The Morgan fingerprint density at radius 2 is 2.19 bits per heavy atom. The van der Waals surface area contributed by atoms with Crippen LogP contribution in [0.3, 0.4) is 0 Å². The quantitative estimate of drug-likeness (QED) is 0.788. The third-order valence-corrected chi connectivity index (χ3v) is 2.46. The van der Waals surface area contributed by atoms with Crippen molar-refractivity contribution in [2.24, 2.45) is 0 Å². The van der Waals surface area contributed by atoms with Gasteiger partial charge in [-0.3, -0.25) is 4.98 Å². The molecule has 2 heteroatoms. The highest BCUT2D eigenvalue weighted by Crippen LogP contribution is 2.14. The molecule has 2 aromatic rings. The second kappa shape index (κ2) is 4.90. The van der Waals surface area contributed by atoms with E-state index in [-0.39, 0.29) is 0 Å². The molecular weight excluding hydrogens is 196 g/mol. The van der Waals surface area contributed by atoms with Crippen LogP contribution < -0.4 is 5.32 Å². The van der Waals surface area contributed by atoms with Crippen molar-refractivity contribution < 1.29 is 0 Å². The van der Waals surface area contributed by atoms with E-state index in [0.717, 1.165) is 18.7 Å². The van der Waals surface area contributed by atoms with Crippen LogP contribution in [0.25, 0.3) is 10.8 Å². The summed E-state index contributed by atoms with van der Waals surface area (Å²) in [5.41, 5.74) is 2.45. The van der Waals surface area contributed by atoms with Crippen LogP contribution in [-0.2, 0) is 6.54 Å². The molecule has 1 aromatic carbocycles. The van der Waals surface area contributed by atoms with Gasteiger partial charge in [-0.25, -0.2) is 0 Å². The zero-order chi connectivity index (χ0) is 11.4. The van der Waals surface area contributed by atoms with Crippen LogP contribution >= 0.6 is 0 Å². The van der Waals surface area contributed by atoms with Gasteiger partial charge < -0.3 is 5.32 Å². The third kappa shape index (κ3) is 2.67. The van der Waals surface area contributed by atoms with Crippen LogP contribution in [0.5, 0.6) is 0 Å². The molecule has 16 heavy (non-hydrogen) atoms. The molecule has 0 atom stereocenters.